The summed E-state index contributed by atoms with van der Waals surface area (Å²) >= 11 is 0. The average Bonchev–Trinajstić information content (AvgIpc) is 2.59. The summed E-state index contributed by atoms with van der Waals surface area (Å²) in [5.41, 5.74) is -0.520. The molecule has 10 heteroatoms. The number of amides is 1. The van der Waals surface area contributed by atoms with Crippen LogP contribution in [-0.4, -0.2) is 23.6 Å². The molecule has 27 heavy (non-hydrogen) atoms. The fraction of sp³-hybridized carbons (Fsp3) is 0.235. The van der Waals surface area contributed by atoms with Crippen molar-refractivity contribution in [2.24, 2.45) is 0 Å². The maximum Gasteiger partial charge on any atom is 0.422 e. The number of ether oxygens (including phenoxy) is 1. The lowest BCUT2D eigenvalue weighted by Gasteiger charge is -2.11. The number of alkyl halides is 3. The molecule has 0 aliphatic heterocycles. The van der Waals surface area contributed by atoms with E-state index in [2.05, 4.69) is 10.1 Å². The van der Waals surface area contributed by atoms with Crippen molar-refractivity contribution >= 4 is 11.6 Å². The Morgan fingerprint density at radius 1 is 1.26 bits per heavy atom. The van der Waals surface area contributed by atoms with Crippen LogP contribution in [0.5, 0.6) is 5.75 Å². The third-order valence-corrected chi connectivity index (χ3v) is 3.53. The fourth-order valence-corrected chi connectivity index (χ4v) is 2.18. The van der Waals surface area contributed by atoms with Crippen LogP contribution in [0.3, 0.4) is 0 Å². The van der Waals surface area contributed by atoms with Crippen LogP contribution < -0.4 is 10.1 Å². The SMILES string of the molecule is Cc1c(F)cc(C(=O)NCc2cccc(OCC(F)(F)F)c2)cc1[N+](=O)[O-]. The van der Waals surface area contributed by atoms with Gasteiger partial charge in [-0.15, -0.1) is 0 Å². The fourth-order valence-electron chi connectivity index (χ4n) is 2.18. The quantitative estimate of drug-likeness (QED) is 0.464. The molecule has 0 bridgehead atoms. The van der Waals surface area contributed by atoms with Gasteiger partial charge in [-0.2, -0.15) is 13.2 Å². The number of rotatable bonds is 6. The number of carbonyl (C=O) groups is 1. The molecule has 0 saturated carbocycles. The highest BCUT2D eigenvalue weighted by atomic mass is 19.4. The van der Waals surface area contributed by atoms with Gasteiger partial charge in [0.1, 0.15) is 11.6 Å². The number of halogens is 4. The summed E-state index contributed by atoms with van der Waals surface area (Å²) in [6, 6.07) is 7.46. The molecule has 0 aliphatic carbocycles. The van der Waals surface area contributed by atoms with Gasteiger partial charge in [-0.1, -0.05) is 12.1 Å². The lowest BCUT2D eigenvalue weighted by atomic mass is 10.1. The van der Waals surface area contributed by atoms with Gasteiger partial charge in [0, 0.05) is 18.2 Å². The molecule has 0 radical (unpaired) electrons. The van der Waals surface area contributed by atoms with Gasteiger partial charge in [0.25, 0.3) is 11.6 Å². The van der Waals surface area contributed by atoms with Gasteiger partial charge >= 0.3 is 6.18 Å². The van der Waals surface area contributed by atoms with Crippen LogP contribution in [0.4, 0.5) is 23.2 Å². The van der Waals surface area contributed by atoms with E-state index in [9.17, 15) is 32.5 Å². The maximum atomic E-state index is 13.8. The van der Waals surface area contributed by atoms with Crippen molar-refractivity contribution in [3.63, 3.8) is 0 Å². The number of benzene rings is 2. The Labute approximate surface area is 150 Å². The first-order valence-electron chi connectivity index (χ1n) is 7.58. The predicted molar refractivity (Wildman–Crippen MR) is 87.0 cm³/mol. The van der Waals surface area contributed by atoms with Crippen molar-refractivity contribution in [1.29, 1.82) is 0 Å². The van der Waals surface area contributed by atoms with Gasteiger partial charge in [-0.3, -0.25) is 14.9 Å². The van der Waals surface area contributed by atoms with E-state index in [0.717, 1.165) is 12.1 Å². The largest absolute Gasteiger partial charge is 0.484 e. The Bertz CT molecular complexity index is 868. The second-order valence-corrected chi connectivity index (χ2v) is 5.59. The highest BCUT2D eigenvalue weighted by Gasteiger charge is 2.28. The van der Waals surface area contributed by atoms with Crippen LogP contribution in [0.1, 0.15) is 21.5 Å². The highest BCUT2D eigenvalue weighted by molar-refractivity contribution is 5.95. The molecule has 0 unspecified atom stereocenters. The summed E-state index contributed by atoms with van der Waals surface area (Å²) < 4.78 is 54.9. The number of nitro groups is 1. The molecular formula is C17H14F4N2O4. The first-order valence-corrected chi connectivity index (χ1v) is 7.58. The third kappa shape index (κ3) is 5.66. The zero-order valence-electron chi connectivity index (χ0n) is 14.0. The summed E-state index contributed by atoms with van der Waals surface area (Å²) in [7, 11) is 0. The van der Waals surface area contributed by atoms with E-state index in [1.165, 1.54) is 25.1 Å². The standard InChI is InChI=1S/C17H14F4N2O4/c1-10-14(18)6-12(7-15(10)23(25)26)16(24)22-8-11-3-2-4-13(5-11)27-9-17(19,20)21/h2-7H,8-9H2,1H3,(H,22,24). The molecule has 0 fully saturated rings. The van der Waals surface area contributed by atoms with Crippen LogP contribution in [0.25, 0.3) is 0 Å². The third-order valence-electron chi connectivity index (χ3n) is 3.53. The van der Waals surface area contributed by atoms with E-state index in [1.54, 1.807) is 6.07 Å². The van der Waals surface area contributed by atoms with Crippen LogP contribution in [0.15, 0.2) is 36.4 Å². The molecular weight excluding hydrogens is 372 g/mol. The second kappa shape index (κ2) is 8.02. The summed E-state index contributed by atoms with van der Waals surface area (Å²) in [5, 5.41) is 13.3. The molecule has 2 aromatic carbocycles. The Kier molecular flexibility index (Phi) is 5.98. The Morgan fingerprint density at radius 2 is 1.96 bits per heavy atom. The molecule has 1 amide bonds. The predicted octanol–water partition coefficient (Wildman–Crippen LogP) is 3.91. The van der Waals surface area contributed by atoms with Gasteiger partial charge in [0.15, 0.2) is 6.61 Å². The Hall–Kier alpha value is -3.17. The Morgan fingerprint density at radius 3 is 2.59 bits per heavy atom. The van der Waals surface area contributed by atoms with E-state index in [-0.39, 0.29) is 23.4 Å². The molecule has 0 spiro atoms. The molecule has 6 nitrogen and oxygen atoms in total. The van der Waals surface area contributed by atoms with Gasteiger partial charge in [0.2, 0.25) is 0 Å². The monoisotopic (exact) mass is 386 g/mol. The van der Waals surface area contributed by atoms with Gasteiger partial charge in [0.05, 0.1) is 10.5 Å². The van der Waals surface area contributed by atoms with Crippen LogP contribution >= 0.6 is 0 Å². The average molecular weight is 386 g/mol. The molecule has 0 aromatic heterocycles. The Balaban J connectivity index is 2.07. The molecule has 1 N–H and O–H groups in total. The highest BCUT2D eigenvalue weighted by Crippen LogP contribution is 2.23. The minimum absolute atomic E-state index is 0.0314. The van der Waals surface area contributed by atoms with E-state index >= 15 is 0 Å². The minimum Gasteiger partial charge on any atom is -0.484 e. The van der Waals surface area contributed by atoms with E-state index in [0.29, 0.717) is 5.56 Å². The molecule has 2 aromatic rings. The molecule has 0 heterocycles. The summed E-state index contributed by atoms with van der Waals surface area (Å²) in [6.07, 6.45) is -4.48. The first kappa shape index (κ1) is 20.1. The first-order chi connectivity index (χ1) is 12.6. The molecule has 144 valence electrons. The van der Waals surface area contributed by atoms with Gasteiger partial charge < -0.3 is 10.1 Å². The van der Waals surface area contributed by atoms with Crippen LogP contribution in [-0.2, 0) is 6.54 Å². The normalized spacial score (nSPS) is 11.1. The summed E-state index contributed by atoms with van der Waals surface area (Å²) in [6.45, 7) is -0.317. The van der Waals surface area contributed by atoms with E-state index < -0.39 is 35.1 Å². The summed E-state index contributed by atoms with van der Waals surface area (Å²) in [4.78, 5) is 22.2. The van der Waals surface area contributed by atoms with Crippen molar-refractivity contribution in [3.05, 3.63) is 69.0 Å². The molecule has 2 rings (SSSR count). The lowest BCUT2D eigenvalue weighted by Crippen LogP contribution is -2.23. The molecule has 0 atom stereocenters. The zero-order chi connectivity index (χ0) is 20.2. The van der Waals surface area contributed by atoms with Crippen molar-refractivity contribution in [2.75, 3.05) is 6.61 Å². The maximum absolute atomic E-state index is 13.8. The van der Waals surface area contributed by atoms with Crippen molar-refractivity contribution < 1.29 is 32.0 Å². The second-order valence-electron chi connectivity index (χ2n) is 5.59. The van der Waals surface area contributed by atoms with Crippen LogP contribution in [0.2, 0.25) is 0 Å². The number of carbonyl (C=O) groups excluding carboxylic acids is 1. The van der Waals surface area contributed by atoms with E-state index in [1.807, 2.05) is 0 Å². The van der Waals surface area contributed by atoms with Gasteiger partial charge in [-0.05, 0) is 30.7 Å². The lowest BCUT2D eigenvalue weighted by molar-refractivity contribution is -0.385. The van der Waals surface area contributed by atoms with Gasteiger partial charge in [-0.25, -0.2) is 4.39 Å². The van der Waals surface area contributed by atoms with Crippen LogP contribution in [0, 0.1) is 22.9 Å². The van der Waals surface area contributed by atoms with E-state index in [4.69, 9.17) is 0 Å². The number of nitrogens with zero attached hydrogens (tertiary/aromatic N) is 1. The number of hydrogen-bond donors (Lipinski definition) is 1. The van der Waals surface area contributed by atoms with Crippen molar-refractivity contribution in [3.8, 4) is 5.75 Å². The number of hydrogen-bond acceptors (Lipinski definition) is 4. The molecule has 0 saturated heterocycles. The van der Waals surface area contributed by atoms with Crippen molar-refractivity contribution in [1.82, 2.24) is 5.32 Å². The molecule has 0 aliphatic rings. The van der Waals surface area contributed by atoms with Crippen molar-refractivity contribution in [2.45, 2.75) is 19.6 Å². The smallest absolute Gasteiger partial charge is 0.422 e. The number of nitro benzene ring substituents is 1. The summed E-state index contributed by atoms with van der Waals surface area (Å²) in [5.74, 6) is -1.69. The zero-order valence-corrected chi connectivity index (χ0v) is 14.0. The minimum atomic E-state index is -4.48. The topological polar surface area (TPSA) is 81.5 Å². The number of nitrogens with one attached hydrogen (secondary N) is 1.